The third kappa shape index (κ3) is 11.6. The molecule has 3 rings (SSSR count). The van der Waals surface area contributed by atoms with Gasteiger partial charge >= 0.3 is 0 Å². The maximum Gasteiger partial charge on any atom is 0 e. The highest BCUT2D eigenvalue weighted by molar-refractivity contribution is 5.75. The van der Waals surface area contributed by atoms with Crippen LogP contribution >= 0.6 is 0 Å². The molecule has 0 nitrogen and oxygen atoms in total. The molecule has 2 aliphatic carbocycles. The highest BCUT2D eigenvalue weighted by Gasteiger charge is 2.37. The van der Waals surface area contributed by atoms with E-state index in [2.05, 4.69) is 97.9 Å². The van der Waals surface area contributed by atoms with Crippen LogP contribution in [0.4, 0.5) is 0 Å². The van der Waals surface area contributed by atoms with Gasteiger partial charge in [-0.05, 0) is 96.8 Å². The number of fused-ring (bicyclic) bond motifs is 1. The van der Waals surface area contributed by atoms with Crippen LogP contribution in [-0.2, 0) is 10.8 Å². The minimum Gasteiger partial charge on any atom is -0.0798 e. The van der Waals surface area contributed by atoms with Gasteiger partial charge in [-0.1, -0.05) is 162 Å². The van der Waals surface area contributed by atoms with Gasteiger partial charge in [0.25, 0.3) is 0 Å². The van der Waals surface area contributed by atoms with Crippen LogP contribution in [0.25, 0.3) is 5.57 Å². The molecule has 0 aromatic heterocycles. The zero-order chi connectivity index (χ0) is 31.1. The van der Waals surface area contributed by atoms with Crippen LogP contribution < -0.4 is 0 Å². The molecule has 2 aliphatic rings. The van der Waals surface area contributed by atoms with E-state index in [-0.39, 0.29) is 12.3 Å². The Morgan fingerprint density at radius 1 is 0.927 bits per heavy atom. The molecule has 0 bridgehead atoms. The van der Waals surface area contributed by atoms with Crippen molar-refractivity contribution in [3.63, 3.8) is 0 Å². The topological polar surface area (TPSA) is 0 Å². The third-order valence-electron chi connectivity index (χ3n) is 9.96. The molecular formula is C41H72. The molecule has 1 aromatic rings. The fourth-order valence-electron chi connectivity index (χ4n) is 7.08. The van der Waals surface area contributed by atoms with E-state index in [1.165, 1.54) is 88.2 Å². The zero-order valence-corrected chi connectivity index (χ0v) is 29.8. The molecule has 2 unspecified atom stereocenters. The lowest BCUT2D eigenvalue weighted by atomic mass is 9.63. The number of rotatable bonds is 10. The highest BCUT2D eigenvalue weighted by atomic mass is 14.4. The summed E-state index contributed by atoms with van der Waals surface area (Å²) in [5, 5.41) is 0. The second kappa shape index (κ2) is 18.9. The van der Waals surface area contributed by atoms with Gasteiger partial charge in [0.1, 0.15) is 0 Å². The summed E-state index contributed by atoms with van der Waals surface area (Å²) in [6, 6.07) is 7.25. The van der Waals surface area contributed by atoms with Crippen molar-refractivity contribution in [2.75, 3.05) is 0 Å². The van der Waals surface area contributed by atoms with Gasteiger partial charge in [0, 0.05) is 1.43 Å². The summed E-state index contributed by atoms with van der Waals surface area (Å²) in [5.74, 6) is 2.66. The molecule has 0 saturated heterocycles. The lowest BCUT2D eigenvalue weighted by Crippen LogP contribution is -2.33. The van der Waals surface area contributed by atoms with Crippen molar-refractivity contribution in [2.45, 2.75) is 171 Å². The molecule has 0 heterocycles. The maximum atomic E-state index is 2.49. The van der Waals surface area contributed by atoms with Crippen molar-refractivity contribution in [2.24, 2.45) is 17.8 Å². The second-order valence-electron chi connectivity index (χ2n) is 13.9. The number of allylic oxidation sites excluding steroid dienone is 6. The van der Waals surface area contributed by atoms with Gasteiger partial charge in [0.15, 0.2) is 0 Å². The lowest BCUT2D eigenvalue weighted by Gasteiger charge is -2.42. The van der Waals surface area contributed by atoms with Crippen molar-refractivity contribution in [3.8, 4) is 0 Å². The minimum atomic E-state index is 0. The maximum absolute atomic E-state index is 2.49. The fraction of sp³-hybridized carbons (Fsp3) is 0.707. The monoisotopic (exact) mass is 565 g/mol. The molecule has 41 heavy (non-hydrogen) atoms. The quantitative estimate of drug-likeness (QED) is 0.196. The second-order valence-corrected chi connectivity index (χ2v) is 13.9. The summed E-state index contributed by atoms with van der Waals surface area (Å²) < 4.78 is 0. The van der Waals surface area contributed by atoms with E-state index in [4.69, 9.17) is 0 Å². The average Bonchev–Trinajstić information content (AvgIpc) is 3.22. The first kappa shape index (κ1) is 37.5. The van der Waals surface area contributed by atoms with E-state index < -0.39 is 0 Å². The van der Waals surface area contributed by atoms with Gasteiger partial charge in [0.2, 0.25) is 0 Å². The Labute approximate surface area is 260 Å². The van der Waals surface area contributed by atoms with E-state index in [0.717, 1.165) is 17.8 Å². The lowest BCUT2D eigenvalue weighted by molar-refractivity contribution is 0.332. The van der Waals surface area contributed by atoms with E-state index in [0.29, 0.717) is 0 Å². The zero-order valence-electron chi connectivity index (χ0n) is 29.8. The molecule has 0 heteroatoms. The van der Waals surface area contributed by atoms with Crippen molar-refractivity contribution >= 4 is 5.57 Å². The Morgan fingerprint density at radius 3 is 2.22 bits per heavy atom. The van der Waals surface area contributed by atoms with E-state index >= 15 is 0 Å². The van der Waals surface area contributed by atoms with E-state index in [9.17, 15) is 0 Å². The van der Waals surface area contributed by atoms with Crippen molar-refractivity contribution in [3.05, 3.63) is 64.8 Å². The molecule has 236 valence electrons. The van der Waals surface area contributed by atoms with Crippen LogP contribution in [0.1, 0.15) is 178 Å². The summed E-state index contributed by atoms with van der Waals surface area (Å²) in [7, 11) is 0. The first-order valence-corrected chi connectivity index (χ1v) is 17.7. The molecule has 1 fully saturated rings. The van der Waals surface area contributed by atoms with Crippen LogP contribution in [0.5, 0.6) is 0 Å². The molecule has 1 saturated carbocycles. The summed E-state index contributed by atoms with van der Waals surface area (Å²) >= 11 is 0. The van der Waals surface area contributed by atoms with Crippen LogP contribution in [-0.4, -0.2) is 0 Å². The number of hydrogen-bond donors (Lipinski definition) is 0. The summed E-state index contributed by atoms with van der Waals surface area (Å²) in [6.45, 7) is 27.0. The van der Waals surface area contributed by atoms with Gasteiger partial charge in [-0.25, -0.2) is 0 Å². The predicted molar refractivity (Wildman–Crippen MR) is 191 cm³/mol. The molecule has 0 radical (unpaired) electrons. The molecule has 0 spiro atoms. The summed E-state index contributed by atoms with van der Waals surface area (Å²) in [4.78, 5) is 0. The first-order valence-electron chi connectivity index (χ1n) is 17.7. The molecule has 0 aliphatic heterocycles. The van der Waals surface area contributed by atoms with Crippen LogP contribution in [0.15, 0.2) is 48.1 Å². The molecule has 3 atom stereocenters. The Bertz CT molecular complexity index is 957. The molecule has 1 aromatic carbocycles. The number of hydrogen-bond acceptors (Lipinski definition) is 0. The third-order valence-corrected chi connectivity index (χ3v) is 9.96. The van der Waals surface area contributed by atoms with Crippen LogP contribution in [0, 0.1) is 17.8 Å². The standard InChI is InChI=1S/C37H58.2C2H6.H2/c1-9-14-28(3)15-11-17-30-18-13-20-32(22-21-30)29(4)16-12-19-31(10-2)33-23-24-34-35(27-33)37(7,8)26-25-36(34,5)6;2*1-2;/h10,12,16,19,23-24,27-28,30,32H,9,11,13-15,17-18,20-22,25-26H2,1-8H3;2*1-2H3;1H/b19-12-,29-16+,31-10-;;;/t28-,30?,32?;;;/m1.../s1. The summed E-state index contributed by atoms with van der Waals surface area (Å²) in [6.07, 6.45) is 26.0. The van der Waals surface area contributed by atoms with Gasteiger partial charge in [-0.15, -0.1) is 0 Å². The highest BCUT2D eigenvalue weighted by Crippen LogP contribution is 2.46. The first-order chi connectivity index (χ1) is 19.6. The summed E-state index contributed by atoms with van der Waals surface area (Å²) in [5.41, 5.74) is 7.91. The van der Waals surface area contributed by atoms with Gasteiger partial charge in [-0.2, -0.15) is 0 Å². The number of benzene rings is 1. The fourth-order valence-corrected chi connectivity index (χ4v) is 7.08. The van der Waals surface area contributed by atoms with E-state index in [1.54, 1.807) is 16.7 Å². The molecule has 0 N–H and O–H groups in total. The van der Waals surface area contributed by atoms with Crippen LogP contribution in [0.3, 0.4) is 0 Å². The molecule has 0 amide bonds. The molecular weight excluding hydrogens is 492 g/mol. The van der Waals surface area contributed by atoms with Crippen molar-refractivity contribution < 1.29 is 1.43 Å². The van der Waals surface area contributed by atoms with Gasteiger partial charge in [-0.3, -0.25) is 0 Å². The Kier molecular flexibility index (Phi) is 17.2. The van der Waals surface area contributed by atoms with Crippen LogP contribution in [0.2, 0.25) is 0 Å². The van der Waals surface area contributed by atoms with Gasteiger partial charge in [0.05, 0.1) is 0 Å². The Hall–Kier alpha value is -1.56. The van der Waals surface area contributed by atoms with Gasteiger partial charge < -0.3 is 0 Å². The SMILES string of the molecule is C/C=C(/C=C\C=C(/C)C1CCCC(CCC[C@H](C)CCC)CC1)c1ccc2c(c1)C(C)(C)CCC2(C)C.CC.CC.[HH]. The van der Waals surface area contributed by atoms with E-state index in [1.807, 2.05) is 27.7 Å². The average molecular weight is 565 g/mol. The normalized spacial score (nSPS) is 22.9. The smallest absolute Gasteiger partial charge is 0 e. The Balaban J connectivity index is 0.00000322. The predicted octanol–water partition coefficient (Wildman–Crippen LogP) is 14.0. The van der Waals surface area contributed by atoms with Crippen molar-refractivity contribution in [1.29, 1.82) is 0 Å². The van der Waals surface area contributed by atoms with Crippen molar-refractivity contribution in [1.82, 2.24) is 0 Å². The minimum absolute atomic E-state index is 0. The Morgan fingerprint density at radius 2 is 1.59 bits per heavy atom. The largest absolute Gasteiger partial charge is 0.0798 e.